The normalized spacial score (nSPS) is 10.8. The Morgan fingerprint density at radius 3 is 2.44 bits per heavy atom. The smallest absolute Gasteiger partial charge is 0.274 e. The molecule has 1 aromatic carbocycles. The number of aryl methyl sites for hydroxylation is 2. The van der Waals surface area contributed by atoms with Gasteiger partial charge in [-0.25, -0.2) is 9.67 Å². The number of nitrogens with one attached hydrogen (secondary N) is 2. The summed E-state index contributed by atoms with van der Waals surface area (Å²) in [5, 5.41) is 10.3. The molecule has 0 saturated carbocycles. The van der Waals surface area contributed by atoms with Gasteiger partial charge in [-0.15, -0.1) is 0 Å². The van der Waals surface area contributed by atoms with Crippen LogP contribution in [0.1, 0.15) is 63.2 Å². The van der Waals surface area contributed by atoms with Gasteiger partial charge in [0.1, 0.15) is 5.69 Å². The molecule has 0 bridgehead atoms. The summed E-state index contributed by atoms with van der Waals surface area (Å²) < 4.78 is 1.36. The first kappa shape index (κ1) is 23.1. The largest absolute Gasteiger partial charge is 0.350 e. The number of carbonyl (C=O) groups is 3. The van der Waals surface area contributed by atoms with Gasteiger partial charge in [-0.1, -0.05) is 11.6 Å². The van der Waals surface area contributed by atoms with Crippen molar-refractivity contribution in [2.75, 3.05) is 5.32 Å². The monoisotopic (exact) mass is 453 g/mol. The molecule has 0 spiro atoms. The third-order valence-corrected chi connectivity index (χ3v) is 4.94. The van der Waals surface area contributed by atoms with Crippen molar-refractivity contribution in [3.05, 3.63) is 69.6 Å². The third-order valence-electron chi connectivity index (χ3n) is 4.65. The molecule has 0 aliphatic heterocycles. The number of benzene rings is 1. The van der Waals surface area contributed by atoms with Crippen LogP contribution in [0, 0.1) is 13.8 Å². The number of aromatic nitrogens is 3. The number of amides is 2. The maximum Gasteiger partial charge on any atom is 0.274 e. The molecule has 9 heteroatoms. The quantitative estimate of drug-likeness (QED) is 0.546. The van der Waals surface area contributed by atoms with Gasteiger partial charge in [-0.3, -0.25) is 14.4 Å². The van der Waals surface area contributed by atoms with Crippen molar-refractivity contribution in [1.82, 2.24) is 20.1 Å². The predicted octanol–water partition coefficient (Wildman–Crippen LogP) is 4.13. The van der Waals surface area contributed by atoms with E-state index in [2.05, 4.69) is 20.7 Å². The molecule has 0 aliphatic carbocycles. The highest BCUT2D eigenvalue weighted by Gasteiger charge is 2.23. The van der Waals surface area contributed by atoms with E-state index in [4.69, 9.17) is 11.6 Å². The minimum atomic E-state index is -0.496. The van der Waals surface area contributed by atoms with Gasteiger partial charge in [0, 0.05) is 17.8 Å². The highest BCUT2D eigenvalue weighted by atomic mass is 35.5. The second-order valence-corrected chi connectivity index (χ2v) is 8.15. The molecule has 3 rings (SSSR count). The van der Waals surface area contributed by atoms with Gasteiger partial charge in [0.05, 0.1) is 22.0 Å². The standard InChI is InChI=1S/C23H24ClN5O3/c1-12(2)26-22(31)17-11-16(15(5)30)9-13(3)20(17)27-23(32)19-10-14(4)28-29(19)21-18(24)7-6-8-25-21/h6-12H,1-5H3,(H,26,31)(H,27,32). The molecule has 2 N–H and O–H groups in total. The molecule has 0 unspecified atom stereocenters. The summed E-state index contributed by atoms with van der Waals surface area (Å²) in [6.45, 7) is 8.56. The molecule has 0 atom stereocenters. The minimum Gasteiger partial charge on any atom is -0.350 e. The van der Waals surface area contributed by atoms with Crippen LogP contribution in [0.2, 0.25) is 5.02 Å². The first-order valence-corrected chi connectivity index (χ1v) is 10.4. The first-order chi connectivity index (χ1) is 15.1. The molecule has 0 aliphatic rings. The molecule has 0 saturated heterocycles. The Kier molecular flexibility index (Phi) is 6.74. The van der Waals surface area contributed by atoms with E-state index < -0.39 is 5.91 Å². The fourth-order valence-electron chi connectivity index (χ4n) is 3.21. The van der Waals surface area contributed by atoms with Crippen LogP contribution in [-0.4, -0.2) is 38.4 Å². The fourth-order valence-corrected chi connectivity index (χ4v) is 3.41. The molecule has 32 heavy (non-hydrogen) atoms. The van der Waals surface area contributed by atoms with E-state index in [1.807, 2.05) is 13.8 Å². The fraction of sp³-hybridized carbons (Fsp3) is 0.261. The van der Waals surface area contributed by atoms with E-state index in [9.17, 15) is 14.4 Å². The molecule has 166 valence electrons. The Labute approximate surface area is 191 Å². The van der Waals surface area contributed by atoms with Crippen LogP contribution in [0.4, 0.5) is 5.69 Å². The van der Waals surface area contributed by atoms with Crippen LogP contribution in [0.3, 0.4) is 0 Å². The van der Waals surface area contributed by atoms with Gasteiger partial charge < -0.3 is 10.6 Å². The van der Waals surface area contributed by atoms with Gasteiger partial charge >= 0.3 is 0 Å². The molecular formula is C23H24ClN5O3. The van der Waals surface area contributed by atoms with E-state index >= 15 is 0 Å². The third kappa shape index (κ3) is 4.86. The zero-order valence-corrected chi connectivity index (χ0v) is 19.2. The Morgan fingerprint density at radius 2 is 1.81 bits per heavy atom. The summed E-state index contributed by atoms with van der Waals surface area (Å²) in [4.78, 5) is 42.3. The second-order valence-electron chi connectivity index (χ2n) is 7.75. The first-order valence-electron chi connectivity index (χ1n) is 10.0. The second kappa shape index (κ2) is 9.32. The number of ketones is 1. The van der Waals surface area contributed by atoms with Crippen LogP contribution < -0.4 is 10.6 Å². The zero-order valence-electron chi connectivity index (χ0n) is 18.5. The predicted molar refractivity (Wildman–Crippen MR) is 123 cm³/mol. The van der Waals surface area contributed by atoms with Crippen LogP contribution >= 0.6 is 11.6 Å². The van der Waals surface area contributed by atoms with Gasteiger partial charge in [-0.05, 0) is 70.5 Å². The summed E-state index contributed by atoms with van der Waals surface area (Å²) in [5.41, 5.74) is 2.28. The summed E-state index contributed by atoms with van der Waals surface area (Å²) in [7, 11) is 0. The number of hydrogen-bond donors (Lipinski definition) is 2. The Balaban J connectivity index is 2.06. The maximum atomic E-state index is 13.3. The minimum absolute atomic E-state index is 0.122. The van der Waals surface area contributed by atoms with Crippen LogP contribution in [0.5, 0.6) is 0 Å². The Hall–Kier alpha value is -3.52. The number of rotatable bonds is 6. The van der Waals surface area contributed by atoms with Crippen molar-refractivity contribution in [3.8, 4) is 5.82 Å². The van der Waals surface area contributed by atoms with Crippen molar-refractivity contribution in [1.29, 1.82) is 0 Å². The lowest BCUT2D eigenvalue weighted by atomic mass is 10.00. The van der Waals surface area contributed by atoms with Gasteiger partial charge in [0.25, 0.3) is 11.8 Å². The number of halogens is 1. The molecule has 2 aromatic heterocycles. The van der Waals surface area contributed by atoms with Crippen molar-refractivity contribution < 1.29 is 14.4 Å². The van der Waals surface area contributed by atoms with Crippen molar-refractivity contribution in [2.45, 2.75) is 40.7 Å². The zero-order chi connectivity index (χ0) is 23.6. The molecule has 0 fully saturated rings. The highest BCUT2D eigenvalue weighted by molar-refractivity contribution is 6.32. The van der Waals surface area contributed by atoms with E-state index in [0.717, 1.165) is 0 Å². The number of Topliss-reactive ketones (excluding diaryl/α,β-unsaturated/α-hetero) is 1. The Bertz CT molecular complexity index is 1220. The van der Waals surface area contributed by atoms with E-state index in [0.29, 0.717) is 33.3 Å². The molecule has 8 nitrogen and oxygen atoms in total. The summed E-state index contributed by atoms with van der Waals surface area (Å²) in [5.74, 6) is -0.750. The lowest BCUT2D eigenvalue weighted by molar-refractivity contribution is 0.0944. The Morgan fingerprint density at radius 1 is 1.09 bits per heavy atom. The molecular weight excluding hydrogens is 430 g/mol. The number of pyridine rings is 1. The number of carbonyl (C=O) groups excluding carboxylic acids is 3. The van der Waals surface area contributed by atoms with Crippen molar-refractivity contribution in [3.63, 3.8) is 0 Å². The summed E-state index contributed by atoms with van der Waals surface area (Å²) in [6, 6.07) is 7.95. The number of anilines is 1. The van der Waals surface area contributed by atoms with E-state index in [1.54, 1.807) is 44.3 Å². The van der Waals surface area contributed by atoms with Gasteiger partial charge in [-0.2, -0.15) is 5.10 Å². The average molecular weight is 454 g/mol. The number of nitrogens with zero attached hydrogens (tertiary/aromatic N) is 3. The average Bonchev–Trinajstić information content (AvgIpc) is 3.10. The topological polar surface area (TPSA) is 106 Å². The van der Waals surface area contributed by atoms with Gasteiger partial charge in [0.15, 0.2) is 11.6 Å². The molecule has 0 radical (unpaired) electrons. The molecule has 3 aromatic rings. The number of hydrogen-bond acceptors (Lipinski definition) is 5. The van der Waals surface area contributed by atoms with E-state index in [-0.39, 0.29) is 29.0 Å². The maximum absolute atomic E-state index is 13.3. The van der Waals surface area contributed by atoms with Crippen LogP contribution in [-0.2, 0) is 0 Å². The SMILES string of the molecule is CC(=O)c1cc(C)c(NC(=O)c2cc(C)nn2-c2ncccc2Cl)c(C(=O)NC(C)C)c1. The van der Waals surface area contributed by atoms with Crippen LogP contribution in [0.25, 0.3) is 5.82 Å². The van der Waals surface area contributed by atoms with Gasteiger partial charge in [0.2, 0.25) is 0 Å². The highest BCUT2D eigenvalue weighted by Crippen LogP contribution is 2.26. The van der Waals surface area contributed by atoms with E-state index in [1.165, 1.54) is 17.7 Å². The van der Waals surface area contributed by atoms with Crippen molar-refractivity contribution in [2.24, 2.45) is 0 Å². The lowest BCUT2D eigenvalue weighted by Gasteiger charge is -2.17. The molecule has 2 heterocycles. The van der Waals surface area contributed by atoms with Crippen molar-refractivity contribution >= 4 is 34.9 Å². The summed E-state index contributed by atoms with van der Waals surface area (Å²) in [6.07, 6.45) is 1.55. The van der Waals surface area contributed by atoms with Crippen LogP contribution in [0.15, 0.2) is 36.5 Å². The lowest BCUT2D eigenvalue weighted by Crippen LogP contribution is -2.31. The molecule has 2 amide bonds. The summed E-state index contributed by atoms with van der Waals surface area (Å²) >= 11 is 6.25.